The lowest BCUT2D eigenvalue weighted by atomic mass is 10.1. The van der Waals surface area contributed by atoms with Gasteiger partial charge in [-0.05, 0) is 42.3 Å². The maximum Gasteiger partial charge on any atom is 0.328 e. The fraction of sp³-hybridized carbons (Fsp3) is 0.0833. The van der Waals surface area contributed by atoms with E-state index in [0.29, 0.717) is 41.1 Å². The number of aromatic amines is 1. The van der Waals surface area contributed by atoms with E-state index in [0.717, 1.165) is 15.6 Å². The van der Waals surface area contributed by atoms with Gasteiger partial charge in [-0.15, -0.1) is 0 Å². The number of benzene rings is 3. The Hall–Kier alpha value is -3.78. The van der Waals surface area contributed by atoms with Crippen LogP contribution >= 0.6 is 15.9 Å². The minimum atomic E-state index is -0.448. The molecule has 0 aliphatic rings. The Morgan fingerprint density at radius 2 is 1.78 bits per heavy atom. The average Bonchev–Trinajstić information content (AvgIpc) is 3.30. The van der Waals surface area contributed by atoms with Gasteiger partial charge in [0.25, 0.3) is 11.4 Å². The van der Waals surface area contributed by atoms with E-state index in [4.69, 9.17) is 4.52 Å². The number of aromatic nitrogens is 4. The molecule has 8 heteroatoms. The summed E-state index contributed by atoms with van der Waals surface area (Å²) >= 11 is 3.43. The molecule has 0 fully saturated rings. The van der Waals surface area contributed by atoms with Crippen molar-refractivity contribution in [2.45, 2.75) is 13.0 Å². The third-order valence-corrected chi connectivity index (χ3v) is 5.70. The molecule has 0 aliphatic carbocycles. The fourth-order valence-electron chi connectivity index (χ4n) is 3.56. The van der Waals surface area contributed by atoms with Crippen LogP contribution in [-0.2, 0) is 13.0 Å². The van der Waals surface area contributed by atoms with Crippen LogP contribution in [0.15, 0.2) is 91.4 Å². The van der Waals surface area contributed by atoms with E-state index in [1.165, 1.54) is 4.57 Å². The number of aryl methyl sites for hydroxylation is 1. The molecule has 0 saturated heterocycles. The highest BCUT2D eigenvalue weighted by Gasteiger charge is 2.14. The zero-order valence-electron chi connectivity index (χ0n) is 16.8. The molecule has 5 rings (SSSR count). The standard InChI is InChI=1S/C24H17BrN4O3/c25-18-8-4-7-16(13-18)21-27-22(32-28-21)17-9-10-19-20(14-17)26-24(31)29(23(19)30)12-11-15-5-2-1-3-6-15/h1-10,13-14H,11-12H2,(H,26,31). The first kappa shape index (κ1) is 20.1. The monoisotopic (exact) mass is 488 g/mol. The lowest BCUT2D eigenvalue weighted by Crippen LogP contribution is -2.35. The van der Waals surface area contributed by atoms with E-state index in [-0.39, 0.29) is 5.56 Å². The Morgan fingerprint density at radius 1 is 0.938 bits per heavy atom. The molecule has 0 spiro atoms. The molecule has 0 saturated carbocycles. The van der Waals surface area contributed by atoms with Gasteiger partial charge in [-0.2, -0.15) is 4.98 Å². The summed E-state index contributed by atoms with van der Waals surface area (Å²) in [5.74, 6) is 0.752. The average molecular weight is 489 g/mol. The molecular formula is C24H17BrN4O3. The van der Waals surface area contributed by atoms with E-state index < -0.39 is 5.69 Å². The molecule has 32 heavy (non-hydrogen) atoms. The predicted octanol–water partition coefficient (Wildman–Crippen LogP) is 4.41. The van der Waals surface area contributed by atoms with Gasteiger partial charge in [0, 0.05) is 22.1 Å². The summed E-state index contributed by atoms with van der Waals surface area (Å²) in [5.41, 5.74) is 2.14. The van der Waals surface area contributed by atoms with E-state index in [1.54, 1.807) is 18.2 Å². The van der Waals surface area contributed by atoms with Crippen LogP contribution in [0.3, 0.4) is 0 Å². The second kappa shape index (κ2) is 8.39. The van der Waals surface area contributed by atoms with Crippen LogP contribution < -0.4 is 11.2 Å². The highest BCUT2D eigenvalue weighted by molar-refractivity contribution is 9.10. The van der Waals surface area contributed by atoms with Gasteiger partial charge in [0.2, 0.25) is 5.82 Å². The van der Waals surface area contributed by atoms with Crippen LogP contribution in [-0.4, -0.2) is 19.7 Å². The zero-order valence-corrected chi connectivity index (χ0v) is 18.4. The second-order valence-electron chi connectivity index (χ2n) is 7.32. The van der Waals surface area contributed by atoms with Crippen molar-refractivity contribution in [2.75, 3.05) is 0 Å². The van der Waals surface area contributed by atoms with Gasteiger partial charge in [0.15, 0.2) is 0 Å². The summed E-state index contributed by atoms with van der Waals surface area (Å²) in [6.45, 7) is 0.301. The second-order valence-corrected chi connectivity index (χ2v) is 8.23. The number of halogens is 1. The Morgan fingerprint density at radius 3 is 2.59 bits per heavy atom. The van der Waals surface area contributed by atoms with Gasteiger partial charge >= 0.3 is 5.69 Å². The molecule has 2 aromatic heterocycles. The molecule has 158 valence electrons. The van der Waals surface area contributed by atoms with E-state index in [2.05, 4.69) is 31.1 Å². The molecule has 0 atom stereocenters. The molecule has 3 aromatic carbocycles. The zero-order chi connectivity index (χ0) is 22.1. The summed E-state index contributed by atoms with van der Waals surface area (Å²) in [6.07, 6.45) is 0.591. The van der Waals surface area contributed by atoms with Crippen LogP contribution in [0.4, 0.5) is 0 Å². The van der Waals surface area contributed by atoms with E-state index >= 15 is 0 Å². The van der Waals surface area contributed by atoms with Crippen LogP contribution in [0.1, 0.15) is 5.56 Å². The quantitative estimate of drug-likeness (QED) is 0.395. The summed E-state index contributed by atoms with van der Waals surface area (Å²) in [5, 5.41) is 4.47. The molecule has 0 unspecified atom stereocenters. The molecule has 5 aromatic rings. The van der Waals surface area contributed by atoms with Crippen LogP contribution in [0.25, 0.3) is 33.7 Å². The first-order chi connectivity index (χ1) is 15.6. The van der Waals surface area contributed by atoms with Crippen molar-refractivity contribution in [1.29, 1.82) is 0 Å². The molecule has 0 amide bonds. The number of hydrogen-bond donors (Lipinski definition) is 1. The van der Waals surface area contributed by atoms with Gasteiger partial charge in [-0.1, -0.05) is 63.6 Å². The molecular weight excluding hydrogens is 472 g/mol. The molecule has 2 heterocycles. The Kier molecular flexibility index (Phi) is 5.28. The van der Waals surface area contributed by atoms with Gasteiger partial charge in [-0.3, -0.25) is 9.36 Å². The maximum atomic E-state index is 12.9. The summed E-state index contributed by atoms with van der Waals surface area (Å²) in [6, 6.07) is 22.4. The van der Waals surface area contributed by atoms with Crippen molar-refractivity contribution < 1.29 is 4.52 Å². The smallest absolute Gasteiger partial charge is 0.328 e. The van der Waals surface area contributed by atoms with Crippen LogP contribution in [0.5, 0.6) is 0 Å². The molecule has 0 aliphatic heterocycles. The number of nitrogens with zero attached hydrogens (tertiary/aromatic N) is 3. The third kappa shape index (κ3) is 3.92. The van der Waals surface area contributed by atoms with Gasteiger partial charge in [0.1, 0.15) is 0 Å². The highest BCUT2D eigenvalue weighted by Crippen LogP contribution is 2.25. The fourth-order valence-corrected chi connectivity index (χ4v) is 3.96. The van der Waals surface area contributed by atoms with Crippen LogP contribution in [0, 0.1) is 0 Å². The predicted molar refractivity (Wildman–Crippen MR) is 125 cm³/mol. The van der Waals surface area contributed by atoms with Gasteiger partial charge in [-0.25, -0.2) is 4.79 Å². The molecule has 0 radical (unpaired) electrons. The van der Waals surface area contributed by atoms with Gasteiger partial charge in [0.05, 0.1) is 10.9 Å². The lowest BCUT2D eigenvalue weighted by molar-refractivity contribution is 0.432. The van der Waals surface area contributed by atoms with Crippen molar-refractivity contribution in [3.05, 3.63) is 104 Å². The van der Waals surface area contributed by atoms with Crippen molar-refractivity contribution in [3.8, 4) is 22.8 Å². The minimum absolute atomic E-state index is 0.301. The third-order valence-electron chi connectivity index (χ3n) is 5.20. The van der Waals surface area contributed by atoms with Crippen molar-refractivity contribution >= 4 is 26.8 Å². The number of hydrogen-bond acceptors (Lipinski definition) is 5. The topological polar surface area (TPSA) is 93.8 Å². The maximum absolute atomic E-state index is 12.9. The SMILES string of the molecule is O=c1[nH]c2cc(-c3nc(-c4cccc(Br)c4)no3)ccc2c(=O)n1CCc1ccccc1. The number of fused-ring (bicyclic) bond motifs is 1. The van der Waals surface area contributed by atoms with Gasteiger partial charge < -0.3 is 9.51 Å². The van der Waals surface area contributed by atoms with E-state index in [9.17, 15) is 9.59 Å². The Bertz CT molecular complexity index is 1540. The lowest BCUT2D eigenvalue weighted by Gasteiger charge is -2.07. The molecule has 0 bridgehead atoms. The normalized spacial score (nSPS) is 11.2. The van der Waals surface area contributed by atoms with Crippen molar-refractivity contribution in [2.24, 2.45) is 0 Å². The Balaban J connectivity index is 1.47. The highest BCUT2D eigenvalue weighted by atomic mass is 79.9. The summed E-state index contributed by atoms with van der Waals surface area (Å²) in [7, 11) is 0. The van der Waals surface area contributed by atoms with Crippen molar-refractivity contribution in [3.63, 3.8) is 0 Å². The first-order valence-corrected chi connectivity index (χ1v) is 10.8. The summed E-state index contributed by atoms with van der Waals surface area (Å²) < 4.78 is 7.55. The largest absolute Gasteiger partial charge is 0.334 e. The van der Waals surface area contributed by atoms with E-state index in [1.807, 2.05) is 54.6 Å². The minimum Gasteiger partial charge on any atom is -0.334 e. The van der Waals surface area contributed by atoms with Crippen molar-refractivity contribution in [1.82, 2.24) is 19.7 Å². The number of rotatable bonds is 5. The Labute approximate surface area is 190 Å². The first-order valence-electron chi connectivity index (χ1n) is 9.99. The number of nitrogens with one attached hydrogen (secondary N) is 1. The summed E-state index contributed by atoms with van der Waals surface area (Å²) in [4.78, 5) is 32.8. The molecule has 7 nitrogen and oxygen atoms in total. The molecule has 1 N–H and O–H groups in total. The van der Waals surface area contributed by atoms with Crippen LogP contribution in [0.2, 0.25) is 0 Å². The number of H-pyrrole nitrogens is 1.